The zero-order chi connectivity index (χ0) is 24.8. The Hall–Kier alpha value is -3.62. The van der Waals surface area contributed by atoms with Crippen LogP contribution in [0.2, 0.25) is 5.02 Å². The van der Waals surface area contributed by atoms with Crippen LogP contribution in [-0.4, -0.2) is 40.6 Å². The van der Waals surface area contributed by atoms with Crippen molar-refractivity contribution in [3.63, 3.8) is 0 Å². The number of amides is 1. The lowest BCUT2D eigenvalue weighted by Crippen LogP contribution is -2.22. The third-order valence-corrected chi connectivity index (χ3v) is 6.36. The van der Waals surface area contributed by atoms with Gasteiger partial charge >= 0.3 is 0 Å². The first-order chi connectivity index (χ1) is 17.0. The van der Waals surface area contributed by atoms with Gasteiger partial charge in [0, 0.05) is 21.8 Å². The summed E-state index contributed by atoms with van der Waals surface area (Å²) < 4.78 is 10.6. The summed E-state index contributed by atoms with van der Waals surface area (Å²) in [6.45, 7) is 1.80. The van der Waals surface area contributed by atoms with Crippen molar-refractivity contribution in [2.24, 2.45) is 0 Å². The summed E-state index contributed by atoms with van der Waals surface area (Å²) in [6.07, 6.45) is 0. The van der Waals surface area contributed by atoms with Gasteiger partial charge in [0.2, 0.25) is 11.1 Å². The molecule has 1 aromatic heterocycles. The van der Waals surface area contributed by atoms with Crippen LogP contribution in [0.1, 0.15) is 6.92 Å². The summed E-state index contributed by atoms with van der Waals surface area (Å²) in [4.78, 5) is 17.5. The van der Waals surface area contributed by atoms with Crippen LogP contribution in [0.15, 0.2) is 78.0 Å². The summed E-state index contributed by atoms with van der Waals surface area (Å²) in [7, 11) is 3.24. The van der Waals surface area contributed by atoms with E-state index in [0.717, 1.165) is 22.6 Å². The Balaban J connectivity index is 1.62. The summed E-state index contributed by atoms with van der Waals surface area (Å²) >= 11 is 7.15. The number of rotatable bonds is 8. The van der Waals surface area contributed by atoms with Gasteiger partial charge in [-0.3, -0.25) is 4.79 Å². The number of carbonyl (C=O) groups is 1. The first-order valence-corrected chi connectivity index (χ1v) is 12.0. The second-order valence-electron chi connectivity index (χ2n) is 7.50. The normalized spacial score (nSPS) is 11.5. The minimum absolute atomic E-state index is 0.175. The lowest BCUT2D eigenvalue weighted by Gasteiger charge is -2.13. The topological polar surface area (TPSA) is 86.2 Å². The van der Waals surface area contributed by atoms with Gasteiger partial charge in [0.05, 0.1) is 19.5 Å². The molecule has 178 valence electrons. The van der Waals surface area contributed by atoms with Crippen molar-refractivity contribution >= 4 is 35.0 Å². The smallest absolute Gasteiger partial charge is 0.237 e. The predicted molar refractivity (Wildman–Crippen MR) is 139 cm³/mol. The molecule has 4 aromatic rings. The van der Waals surface area contributed by atoms with E-state index in [1.54, 1.807) is 45.4 Å². The van der Waals surface area contributed by atoms with Crippen molar-refractivity contribution in [3.8, 4) is 34.0 Å². The fraction of sp³-hybridized carbons (Fsp3) is 0.154. The highest BCUT2D eigenvalue weighted by Gasteiger charge is 2.20. The molecule has 0 fully saturated rings. The van der Waals surface area contributed by atoms with Gasteiger partial charge < -0.3 is 14.8 Å². The molecular formula is C26H23ClN4O3S. The van der Waals surface area contributed by atoms with Crippen LogP contribution in [-0.2, 0) is 4.79 Å². The zero-order valence-corrected chi connectivity index (χ0v) is 20.9. The van der Waals surface area contributed by atoms with Crippen molar-refractivity contribution in [1.29, 1.82) is 0 Å². The molecule has 0 bridgehead atoms. The minimum Gasteiger partial charge on any atom is -0.497 e. The molecule has 1 N–H and O–H groups in total. The number of methoxy groups -OCH3 is 2. The van der Waals surface area contributed by atoms with Crippen molar-refractivity contribution in [3.05, 3.63) is 77.8 Å². The number of nitrogens with zero attached hydrogens (tertiary/aromatic N) is 3. The largest absolute Gasteiger partial charge is 0.497 e. The van der Waals surface area contributed by atoms with Crippen LogP contribution in [0.4, 0.5) is 5.69 Å². The highest BCUT2D eigenvalue weighted by molar-refractivity contribution is 8.00. The molecule has 0 spiro atoms. The van der Waals surface area contributed by atoms with Gasteiger partial charge in [-0.2, -0.15) is 0 Å². The Labute approximate surface area is 212 Å². The maximum absolute atomic E-state index is 12.7. The van der Waals surface area contributed by atoms with E-state index in [2.05, 4.69) is 15.5 Å². The summed E-state index contributed by atoms with van der Waals surface area (Å²) in [5, 5.41) is 12.2. The van der Waals surface area contributed by atoms with Gasteiger partial charge in [0.1, 0.15) is 22.9 Å². The van der Waals surface area contributed by atoms with Crippen LogP contribution in [0.25, 0.3) is 22.5 Å². The molecule has 9 heteroatoms. The first-order valence-electron chi connectivity index (χ1n) is 10.7. The minimum atomic E-state index is -0.456. The second kappa shape index (κ2) is 11.2. The zero-order valence-electron chi connectivity index (χ0n) is 19.4. The molecular weight excluding hydrogens is 484 g/mol. The van der Waals surface area contributed by atoms with Gasteiger partial charge in [-0.05, 0) is 79.7 Å². The molecule has 4 rings (SSSR count). The number of carbonyl (C=O) groups excluding carboxylic acids is 1. The molecule has 35 heavy (non-hydrogen) atoms. The van der Waals surface area contributed by atoms with E-state index < -0.39 is 5.25 Å². The van der Waals surface area contributed by atoms with Gasteiger partial charge in [0.25, 0.3) is 0 Å². The Morgan fingerprint density at radius 3 is 1.91 bits per heavy atom. The van der Waals surface area contributed by atoms with Crippen LogP contribution in [0.5, 0.6) is 11.5 Å². The lowest BCUT2D eigenvalue weighted by atomic mass is 10.0. The predicted octanol–water partition coefficient (Wildman–Crippen LogP) is 6.00. The Bertz CT molecular complexity index is 1300. The summed E-state index contributed by atoms with van der Waals surface area (Å²) in [5.41, 5.74) is 3.65. The molecule has 1 atom stereocenters. The molecule has 1 heterocycles. The Kier molecular flexibility index (Phi) is 7.84. The molecule has 0 saturated heterocycles. The third kappa shape index (κ3) is 6.09. The average Bonchev–Trinajstić information content (AvgIpc) is 2.90. The van der Waals surface area contributed by atoms with Gasteiger partial charge in [0.15, 0.2) is 0 Å². The van der Waals surface area contributed by atoms with Crippen molar-refractivity contribution < 1.29 is 14.3 Å². The van der Waals surface area contributed by atoms with Crippen LogP contribution < -0.4 is 14.8 Å². The quantitative estimate of drug-likeness (QED) is 0.293. The number of hydrogen-bond acceptors (Lipinski definition) is 7. The molecule has 1 unspecified atom stereocenters. The molecule has 3 aromatic carbocycles. The lowest BCUT2D eigenvalue weighted by molar-refractivity contribution is -0.115. The van der Waals surface area contributed by atoms with E-state index >= 15 is 0 Å². The van der Waals surface area contributed by atoms with Gasteiger partial charge in [-0.1, -0.05) is 23.4 Å². The number of halogens is 1. The Morgan fingerprint density at radius 1 is 0.829 bits per heavy atom. The van der Waals surface area contributed by atoms with E-state index in [1.165, 1.54) is 11.8 Å². The number of ether oxygens (including phenoxy) is 2. The standard InChI is InChI=1S/C26H23ClN4O3S/c1-16(25(32)28-20-10-8-19(27)9-11-20)35-26-29-23(17-4-12-21(33-2)13-5-17)24(30-31-26)18-6-14-22(34-3)15-7-18/h4-16H,1-3H3,(H,28,32). The van der Waals surface area contributed by atoms with Crippen molar-refractivity contribution in [1.82, 2.24) is 15.2 Å². The maximum atomic E-state index is 12.7. The van der Waals surface area contributed by atoms with Gasteiger partial charge in [-0.25, -0.2) is 4.98 Å². The molecule has 0 aliphatic heterocycles. The number of thioether (sulfide) groups is 1. The van der Waals surface area contributed by atoms with Crippen LogP contribution in [0.3, 0.4) is 0 Å². The van der Waals surface area contributed by atoms with E-state index in [-0.39, 0.29) is 5.91 Å². The number of hydrogen-bond donors (Lipinski definition) is 1. The molecule has 7 nitrogen and oxygen atoms in total. The summed E-state index contributed by atoms with van der Waals surface area (Å²) in [6, 6.07) is 22.1. The fourth-order valence-corrected chi connectivity index (χ4v) is 4.08. The van der Waals surface area contributed by atoms with E-state index in [9.17, 15) is 4.79 Å². The van der Waals surface area contributed by atoms with E-state index in [4.69, 9.17) is 26.1 Å². The molecule has 0 radical (unpaired) electrons. The van der Waals surface area contributed by atoms with Crippen molar-refractivity contribution in [2.45, 2.75) is 17.3 Å². The van der Waals surface area contributed by atoms with Crippen molar-refractivity contribution in [2.75, 3.05) is 19.5 Å². The van der Waals surface area contributed by atoms with E-state index in [0.29, 0.717) is 27.3 Å². The first kappa shape index (κ1) is 24.5. The number of nitrogens with one attached hydrogen (secondary N) is 1. The average molecular weight is 507 g/mol. The van der Waals surface area contributed by atoms with Crippen LogP contribution >= 0.6 is 23.4 Å². The molecule has 0 aliphatic carbocycles. The third-order valence-electron chi connectivity index (χ3n) is 5.16. The highest BCUT2D eigenvalue weighted by Crippen LogP contribution is 2.32. The second-order valence-corrected chi connectivity index (χ2v) is 9.25. The van der Waals surface area contributed by atoms with E-state index in [1.807, 2.05) is 48.5 Å². The monoisotopic (exact) mass is 506 g/mol. The number of anilines is 1. The Morgan fingerprint density at radius 2 is 1.37 bits per heavy atom. The molecule has 1 amide bonds. The highest BCUT2D eigenvalue weighted by atomic mass is 35.5. The number of benzene rings is 3. The number of aromatic nitrogens is 3. The van der Waals surface area contributed by atoms with Gasteiger partial charge in [-0.15, -0.1) is 10.2 Å². The van der Waals surface area contributed by atoms with Crippen LogP contribution in [0, 0.1) is 0 Å². The maximum Gasteiger partial charge on any atom is 0.237 e. The molecule has 0 aliphatic rings. The fourth-order valence-electron chi connectivity index (χ4n) is 3.24. The SMILES string of the molecule is COc1ccc(-c2nnc(SC(C)C(=O)Nc3ccc(Cl)cc3)nc2-c2ccc(OC)cc2)cc1. The summed E-state index contributed by atoms with van der Waals surface area (Å²) in [5.74, 6) is 1.31. The molecule has 0 saturated carbocycles.